The van der Waals surface area contributed by atoms with Crippen molar-refractivity contribution in [2.24, 2.45) is 0 Å². The number of aryl methyl sites for hydroxylation is 1. The van der Waals surface area contributed by atoms with Crippen molar-refractivity contribution in [1.29, 1.82) is 0 Å². The van der Waals surface area contributed by atoms with E-state index >= 15 is 0 Å². The molecule has 0 radical (unpaired) electrons. The van der Waals surface area contributed by atoms with Gasteiger partial charge in [0.25, 0.3) is 0 Å². The third kappa shape index (κ3) is 5.12. The highest BCUT2D eigenvalue weighted by atomic mass is 16.5. The van der Waals surface area contributed by atoms with E-state index in [1.165, 1.54) is 11.1 Å². The number of benzene rings is 2. The lowest BCUT2D eigenvalue weighted by molar-refractivity contribution is -0.0616. The molecule has 0 saturated carbocycles. The Hall–Kier alpha value is -2.47. The summed E-state index contributed by atoms with van der Waals surface area (Å²) >= 11 is 0. The number of rotatable bonds is 7. The van der Waals surface area contributed by atoms with Crippen LogP contribution in [0.4, 0.5) is 0 Å². The fourth-order valence-corrected chi connectivity index (χ4v) is 3.84. The van der Waals surface area contributed by atoms with Crippen molar-refractivity contribution in [3.63, 3.8) is 0 Å². The van der Waals surface area contributed by atoms with Crippen LogP contribution in [0, 0.1) is 6.92 Å². The minimum atomic E-state index is -0.679. The van der Waals surface area contributed by atoms with Crippen LogP contribution in [0.1, 0.15) is 29.5 Å². The van der Waals surface area contributed by atoms with E-state index in [2.05, 4.69) is 67.0 Å². The smallest absolute Gasteiger partial charge is 0.0968 e. The summed E-state index contributed by atoms with van der Waals surface area (Å²) in [6.45, 7) is 5.32. The Morgan fingerprint density at radius 3 is 2.66 bits per heavy atom. The molecule has 1 saturated heterocycles. The van der Waals surface area contributed by atoms with E-state index in [1.54, 1.807) is 0 Å². The molecule has 152 valence electrons. The molecule has 1 aliphatic heterocycles. The normalized spacial score (nSPS) is 16.1. The fraction of sp³-hybridized carbons (Fsp3) is 0.375. The number of aromatic nitrogens is 2. The maximum absolute atomic E-state index is 10.7. The van der Waals surface area contributed by atoms with E-state index < -0.39 is 5.60 Å². The molecule has 1 fully saturated rings. The van der Waals surface area contributed by atoms with Crippen LogP contribution in [0.15, 0.2) is 60.8 Å². The summed E-state index contributed by atoms with van der Waals surface area (Å²) in [6.07, 6.45) is 3.47. The standard InChI is InChI=1S/C24H29N3O2/c1-19-6-5-9-21(14-19)23-22(15-25-18-24(28)10-12-29-13-11-24)17-27(26-23)16-20-7-3-2-4-8-20/h2-9,14,17,25,28H,10-13,15-16,18H2,1H3. The Labute approximate surface area is 172 Å². The van der Waals surface area contributed by atoms with Crippen LogP contribution in [-0.4, -0.2) is 40.2 Å². The van der Waals surface area contributed by atoms with Crippen LogP contribution in [0.5, 0.6) is 0 Å². The number of aliphatic hydroxyl groups is 1. The first kappa shape index (κ1) is 19.8. The van der Waals surface area contributed by atoms with Gasteiger partial charge in [0, 0.05) is 56.5 Å². The molecule has 1 aliphatic rings. The van der Waals surface area contributed by atoms with E-state index in [-0.39, 0.29) is 0 Å². The molecule has 0 unspecified atom stereocenters. The predicted octanol–water partition coefficient (Wildman–Crippen LogP) is 3.54. The summed E-state index contributed by atoms with van der Waals surface area (Å²) in [5.41, 5.74) is 5.02. The molecular formula is C24H29N3O2. The summed E-state index contributed by atoms with van der Waals surface area (Å²) in [5.74, 6) is 0. The number of hydrogen-bond donors (Lipinski definition) is 2. The molecule has 1 aromatic heterocycles. The average molecular weight is 392 g/mol. The van der Waals surface area contributed by atoms with E-state index in [1.807, 2.05) is 10.7 Å². The molecule has 3 aromatic rings. The first-order chi connectivity index (χ1) is 14.1. The summed E-state index contributed by atoms with van der Waals surface area (Å²) in [5, 5.41) is 19.1. The largest absolute Gasteiger partial charge is 0.388 e. The van der Waals surface area contributed by atoms with Gasteiger partial charge >= 0.3 is 0 Å². The quantitative estimate of drug-likeness (QED) is 0.647. The lowest BCUT2D eigenvalue weighted by Gasteiger charge is -2.32. The van der Waals surface area contributed by atoms with Crippen molar-refractivity contribution in [3.05, 3.63) is 77.5 Å². The first-order valence-corrected chi connectivity index (χ1v) is 10.3. The van der Waals surface area contributed by atoms with Crippen LogP contribution in [0.25, 0.3) is 11.3 Å². The molecule has 4 rings (SSSR count). The van der Waals surface area contributed by atoms with Crippen molar-refractivity contribution < 1.29 is 9.84 Å². The van der Waals surface area contributed by atoms with Crippen LogP contribution < -0.4 is 5.32 Å². The highest BCUT2D eigenvalue weighted by molar-refractivity contribution is 5.63. The van der Waals surface area contributed by atoms with Gasteiger partial charge in [0.15, 0.2) is 0 Å². The fourth-order valence-electron chi connectivity index (χ4n) is 3.84. The van der Waals surface area contributed by atoms with Crippen molar-refractivity contribution in [1.82, 2.24) is 15.1 Å². The number of ether oxygens (including phenoxy) is 1. The molecule has 2 aromatic carbocycles. The van der Waals surface area contributed by atoms with Gasteiger partial charge in [-0.05, 0) is 18.6 Å². The van der Waals surface area contributed by atoms with Gasteiger partial charge in [-0.2, -0.15) is 5.10 Å². The summed E-state index contributed by atoms with van der Waals surface area (Å²) in [4.78, 5) is 0. The van der Waals surface area contributed by atoms with Gasteiger partial charge in [0.05, 0.1) is 17.8 Å². The molecule has 5 heteroatoms. The van der Waals surface area contributed by atoms with E-state index in [9.17, 15) is 5.11 Å². The van der Waals surface area contributed by atoms with E-state index in [0.717, 1.165) is 23.4 Å². The minimum absolute atomic E-state index is 0.563. The van der Waals surface area contributed by atoms with Crippen LogP contribution in [0.2, 0.25) is 0 Å². The molecule has 5 nitrogen and oxygen atoms in total. The monoisotopic (exact) mass is 391 g/mol. The molecule has 29 heavy (non-hydrogen) atoms. The van der Waals surface area contributed by atoms with Crippen LogP contribution in [-0.2, 0) is 17.8 Å². The topological polar surface area (TPSA) is 59.3 Å². The first-order valence-electron chi connectivity index (χ1n) is 10.3. The molecule has 0 spiro atoms. The average Bonchev–Trinajstić information content (AvgIpc) is 3.12. The maximum atomic E-state index is 10.7. The van der Waals surface area contributed by atoms with Gasteiger partial charge in [-0.25, -0.2) is 0 Å². The number of nitrogens with one attached hydrogen (secondary N) is 1. The second kappa shape index (κ2) is 8.91. The zero-order chi connectivity index (χ0) is 20.1. The highest BCUT2D eigenvalue weighted by Crippen LogP contribution is 2.24. The second-order valence-corrected chi connectivity index (χ2v) is 8.00. The zero-order valence-corrected chi connectivity index (χ0v) is 17.0. The molecule has 2 heterocycles. The van der Waals surface area contributed by atoms with Gasteiger partial charge in [-0.3, -0.25) is 4.68 Å². The Balaban J connectivity index is 1.53. The minimum Gasteiger partial charge on any atom is -0.388 e. The Morgan fingerprint density at radius 2 is 1.90 bits per heavy atom. The third-order valence-corrected chi connectivity index (χ3v) is 5.51. The van der Waals surface area contributed by atoms with Gasteiger partial charge < -0.3 is 15.2 Å². The van der Waals surface area contributed by atoms with E-state index in [0.29, 0.717) is 39.1 Å². The Kier molecular flexibility index (Phi) is 6.09. The van der Waals surface area contributed by atoms with Crippen molar-refractivity contribution in [2.45, 2.75) is 38.5 Å². The summed E-state index contributed by atoms with van der Waals surface area (Å²) in [6, 6.07) is 18.8. The summed E-state index contributed by atoms with van der Waals surface area (Å²) in [7, 11) is 0. The molecule has 2 N–H and O–H groups in total. The lowest BCUT2D eigenvalue weighted by atomic mass is 9.94. The maximum Gasteiger partial charge on any atom is 0.0968 e. The van der Waals surface area contributed by atoms with Crippen molar-refractivity contribution >= 4 is 0 Å². The second-order valence-electron chi connectivity index (χ2n) is 8.00. The molecule has 0 bridgehead atoms. The molecular weight excluding hydrogens is 362 g/mol. The SMILES string of the molecule is Cc1cccc(-c2nn(Cc3ccccc3)cc2CNCC2(O)CCOCC2)c1. The van der Waals surface area contributed by atoms with Crippen molar-refractivity contribution in [2.75, 3.05) is 19.8 Å². The van der Waals surface area contributed by atoms with Gasteiger partial charge in [-0.15, -0.1) is 0 Å². The molecule has 0 amide bonds. The third-order valence-electron chi connectivity index (χ3n) is 5.51. The molecule has 0 aliphatic carbocycles. The Bertz CT molecular complexity index is 930. The zero-order valence-electron chi connectivity index (χ0n) is 17.0. The predicted molar refractivity (Wildman–Crippen MR) is 115 cm³/mol. The van der Waals surface area contributed by atoms with Crippen LogP contribution in [0.3, 0.4) is 0 Å². The van der Waals surface area contributed by atoms with Gasteiger partial charge in [0.1, 0.15) is 0 Å². The lowest BCUT2D eigenvalue weighted by Crippen LogP contribution is -2.44. The van der Waals surface area contributed by atoms with Crippen molar-refractivity contribution in [3.8, 4) is 11.3 Å². The number of nitrogens with zero attached hydrogens (tertiary/aromatic N) is 2. The van der Waals surface area contributed by atoms with Gasteiger partial charge in [-0.1, -0.05) is 54.1 Å². The number of hydrogen-bond acceptors (Lipinski definition) is 4. The molecule has 0 atom stereocenters. The summed E-state index contributed by atoms with van der Waals surface area (Å²) < 4.78 is 7.38. The Morgan fingerprint density at radius 1 is 1.10 bits per heavy atom. The van der Waals surface area contributed by atoms with Gasteiger partial charge in [0.2, 0.25) is 0 Å². The van der Waals surface area contributed by atoms with Crippen LogP contribution >= 0.6 is 0 Å². The van der Waals surface area contributed by atoms with E-state index in [4.69, 9.17) is 9.84 Å². The highest BCUT2D eigenvalue weighted by Gasteiger charge is 2.29.